The summed E-state index contributed by atoms with van der Waals surface area (Å²) in [5.74, 6) is 1.85. The Kier molecular flexibility index (Phi) is 3.55. The molecule has 1 saturated heterocycles. The molecular weight excluding hydrogens is 260 g/mol. The van der Waals surface area contributed by atoms with Crippen molar-refractivity contribution < 1.29 is 0 Å². The molecule has 4 nitrogen and oxygen atoms in total. The molecule has 1 aromatic heterocycles. The van der Waals surface area contributed by atoms with Gasteiger partial charge < -0.3 is 15.5 Å². The van der Waals surface area contributed by atoms with Crippen molar-refractivity contribution >= 4 is 11.5 Å². The van der Waals surface area contributed by atoms with Crippen molar-refractivity contribution in [1.29, 1.82) is 0 Å². The minimum atomic E-state index is 0.525. The van der Waals surface area contributed by atoms with Crippen molar-refractivity contribution in [3.8, 4) is 0 Å². The van der Waals surface area contributed by atoms with Gasteiger partial charge in [0.05, 0.1) is 0 Å². The van der Waals surface area contributed by atoms with Crippen molar-refractivity contribution in [3.63, 3.8) is 0 Å². The van der Waals surface area contributed by atoms with Crippen LogP contribution in [0, 0.1) is 5.92 Å². The molecule has 1 fully saturated rings. The first kappa shape index (κ1) is 13.1. The number of anilines is 2. The fourth-order valence-corrected chi connectivity index (χ4v) is 3.88. The number of hydrogen-bond donors (Lipinski definition) is 2. The molecule has 112 valence electrons. The van der Waals surface area contributed by atoms with E-state index in [4.69, 9.17) is 0 Å². The van der Waals surface area contributed by atoms with Crippen molar-refractivity contribution in [2.45, 2.75) is 31.7 Å². The van der Waals surface area contributed by atoms with Crippen LogP contribution >= 0.6 is 0 Å². The van der Waals surface area contributed by atoms with Crippen molar-refractivity contribution in [1.82, 2.24) is 10.3 Å². The number of allylic oxidation sites excluding steroid dienone is 1. The van der Waals surface area contributed by atoms with Crippen molar-refractivity contribution in [3.05, 3.63) is 30.0 Å². The Balaban J connectivity index is 1.46. The number of pyridine rings is 1. The summed E-state index contributed by atoms with van der Waals surface area (Å²) in [7, 11) is 0. The SMILES string of the molecule is C1=C2CCC1CC2Nc1cc(N2CCCNCC2)ccn1. The lowest BCUT2D eigenvalue weighted by molar-refractivity contribution is 0.520. The topological polar surface area (TPSA) is 40.2 Å². The maximum atomic E-state index is 4.52. The van der Waals surface area contributed by atoms with Gasteiger partial charge in [0.25, 0.3) is 0 Å². The first-order valence-electron chi connectivity index (χ1n) is 8.27. The molecule has 2 bridgehead atoms. The minimum Gasteiger partial charge on any atom is -0.370 e. The first-order chi connectivity index (χ1) is 10.4. The largest absolute Gasteiger partial charge is 0.370 e. The highest BCUT2D eigenvalue weighted by molar-refractivity contribution is 5.55. The molecule has 3 aliphatic rings. The van der Waals surface area contributed by atoms with Gasteiger partial charge in [0.2, 0.25) is 0 Å². The average molecular weight is 284 g/mol. The summed E-state index contributed by atoms with van der Waals surface area (Å²) in [5, 5.41) is 7.10. The smallest absolute Gasteiger partial charge is 0.128 e. The lowest BCUT2D eigenvalue weighted by Crippen LogP contribution is -2.28. The Morgan fingerprint density at radius 1 is 1.29 bits per heavy atom. The number of nitrogens with zero attached hydrogens (tertiary/aromatic N) is 2. The molecule has 21 heavy (non-hydrogen) atoms. The Hall–Kier alpha value is -1.55. The Bertz CT molecular complexity index is 531. The summed E-state index contributed by atoms with van der Waals surface area (Å²) in [4.78, 5) is 6.99. The molecule has 2 N–H and O–H groups in total. The van der Waals surface area contributed by atoms with Gasteiger partial charge in [-0.3, -0.25) is 0 Å². The molecule has 2 unspecified atom stereocenters. The summed E-state index contributed by atoms with van der Waals surface area (Å²) >= 11 is 0. The predicted octanol–water partition coefficient (Wildman–Crippen LogP) is 2.40. The molecule has 2 heterocycles. The van der Waals surface area contributed by atoms with E-state index >= 15 is 0 Å². The molecule has 1 aromatic rings. The second kappa shape index (κ2) is 5.68. The lowest BCUT2D eigenvalue weighted by atomic mass is 9.95. The molecule has 2 atom stereocenters. The highest BCUT2D eigenvalue weighted by Gasteiger charge is 2.31. The zero-order chi connectivity index (χ0) is 14.1. The summed E-state index contributed by atoms with van der Waals surface area (Å²) in [6.45, 7) is 4.42. The summed E-state index contributed by atoms with van der Waals surface area (Å²) in [6, 6.07) is 4.88. The van der Waals surface area contributed by atoms with E-state index in [2.05, 4.69) is 38.7 Å². The molecule has 4 rings (SSSR count). The van der Waals surface area contributed by atoms with E-state index in [0.717, 1.165) is 37.9 Å². The van der Waals surface area contributed by atoms with Crippen LogP contribution in [0.2, 0.25) is 0 Å². The van der Waals surface area contributed by atoms with Gasteiger partial charge in [-0.2, -0.15) is 0 Å². The van der Waals surface area contributed by atoms with Gasteiger partial charge in [-0.1, -0.05) is 11.6 Å². The normalized spacial score (nSPS) is 28.4. The van der Waals surface area contributed by atoms with Crippen LogP contribution in [0.25, 0.3) is 0 Å². The van der Waals surface area contributed by atoms with E-state index in [-0.39, 0.29) is 0 Å². The van der Waals surface area contributed by atoms with E-state index in [1.54, 1.807) is 5.57 Å². The minimum absolute atomic E-state index is 0.525. The second-order valence-electron chi connectivity index (χ2n) is 6.46. The van der Waals surface area contributed by atoms with Crippen LogP contribution in [0.15, 0.2) is 30.0 Å². The van der Waals surface area contributed by atoms with Crippen LogP contribution < -0.4 is 15.5 Å². The molecule has 0 aromatic carbocycles. The molecule has 0 radical (unpaired) electrons. The number of rotatable bonds is 3. The molecule has 0 saturated carbocycles. The third-order valence-electron chi connectivity index (χ3n) is 5.01. The molecule has 1 aliphatic heterocycles. The van der Waals surface area contributed by atoms with Gasteiger partial charge in [0.1, 0.15) is 5.82 Å². The monoisotopic (exact) mass is 284 g/mol. The zero-order valence-corrected chi connectivity index (χ0v) is 12.5. The average Bonchev–Trinajstić information content (AvgIpc) is 3.01. The van der Waals surface area contributed by atoms with Crippen LogP contribution in [0.1, 0.15) is 25.7 Å². The maximum Gasteiger partial charge on any atom is 0.128 e. The predicted molar refractivity (Wildman–Crippen MR) is 86.8 cm³/mol. The van der Waals surface area contributed by atoms with Gasteiger partial charge in [0.15, 0.2) is 0 Å². The quantitative estimate of drug-likeness (QED) is 0.836. The molecular formula is C17H24N4. The lowest BCUT2D eigenvalue weighted by Gasteiger charge is -2.25. The molecule has 0 amide bonds. The van der Waals surface area contributed by atoms with E-state index in [1.807, 2.05) is 6.20 Å². The Morgan fingerprint density at radius 3 is 3.14 bits per heavy atom. The van der Waals surface area contributed by atoms with Crippen molar-refractivity contribution in [2.75, 3.05) is 36.4 Å². The third kappa shape index (κ3) is 2.77. The number of aromatic nitrogens is 1. The van der Waals surface area contributed by atoms with Crippen LogP contribution in [-0.2, 0) is 0 Å². The van der Waals surface area contributed by atoms with E-state index in [1.165, 1.54) is 31.4 Å². The van der Waals surface area contributed by atoms with Gasteiger partial charge in [0, 0.05) is 43.6 Å². The fourth-order valence-electron chi connectivity index (χ4n) is 3.88. The molecule has 4 heteroatoms. The van der Waals surface area contributed by atoms with E-state index in [9.17, 15) is 0 Å². The maximum absolute atomic E-state index is 4.52. The second-order valence-corrected chi connectivity index (χ2v) is 6.46. The summed E-state index contributed by atoms with van der Waals surface area (Å²) < 4.78 is 0. The first-order valence-corrected chi connectivity index (χ1v) is 8.27. The number of nitrogens with one attached hydrogen (secondary N) is 2. The summed E-state index contributed by atoms with van der Waals surface area (Å²) in [5.41, 5.74) is 2.90. The van der Waals surface area contributed by atoms with Crippen LogP contribution in [-0.4, -0.2) is 37.2 Å². The van der Waals surface area contributed by atoms with Crippen LogP contribution in [0.3, 0.4) is 0 Å². The highest BCUT2D eigenvalue weighted by atomic mass is 15.2. The van der Waals surface area contributed by atoms with Crippen LogP contribution in [0.5, 0.6) is 0 Å². The zero-order valence-electron chi connectivity index (χ0n) is 12.5. The van der Waals surface area contributed by atoms with Crippen LogP contribution in [0.4, 0.5) is 11.5 Å². The number of fused-ring (bicyclic) bond motifs is 1. The summed E-state index contributed by atoms with van der Waals surface area (Å²) in [6.07, 6.45) is 9.53. The van der Waals surface area contributed by atoms with Gasteiger partial charge >= 0.3 is 0 Å². The van der Waals surface area contributed by atoms with Crippen molar-refractivity contribution in [2.24, 2.45) is 5.92 Å². The number of hydrogen-bond acceptors (Lipinski definition) is 4. The van der Waals surface area contributed by atoms with Gasteiger partial charge in [-0.05, 0) is 44.2 Å². The fraction of sp³-hybridized carbons (Fsp3) is 0.588. The Morgan fingerprint density at radius 2 is 2.29 bits per heavy atom. The molecule has 2 aliphatic carbocycles. The standard InChI is InChI=1S/C17H24N4/c1-5-18-7-9-21(8-1)15-4-6-19-17(12-15)20-16-11-13-2-3-14(16)10-13/h4,6,10,12-13,16,18H,1-3,5,7-9,11H2,(H,19,20). The van der Waals surface area contributed by atoms with Gasteiger partial charge in [-0.15, -0.1) is 0 Å². The third-order valence-corrected chi connectivity index (χ3v) is 5.01. The Labute approximate surface area is 126 Å². The van der Waals surface area contributed by atoms with E-state index in [0.29, 0.717) is 6.04 Å². The highest BCUT2D eigenvalue weighted by Crippen LogP contribution is 2.39. The van der Waals surface area contributed by atoms with E-state index < -0.39 is 0 Å². The molecule has 0 spiro atoms. The van der Waals surface area contributed by atoms with Gasteiger partial charge in [-0.25, -0.2) is 4.98 Å².